The summed E-state index contributed by atoms with van der Waals surface area (Å²) in [5.74, 6) is 0. The van der Waals surface area contributed by atoms with Gasteiger partial charge in [0.1, 0.15) is 0 Å². The Morgan fingerprint density at radius 1 is 1.62 bits per heavy atom. The molecule has 0 saturated heterocycles. The van der Waals surface area contributed by atoms with Gasteiger partial charge in [-0.05, 0) is 29.8 Å². The smallest absolute Gasteiger partial charge is 0.250 e. The third kappa shape index (κ3) is 2.24. The van der Waals surface area contributed by atoms with Crippen molar-refractivity contribution < 1.29 is 8.42 Å². The zero-order valence-electron chi connectivity index (χ0n) is 7.03. The van der Waals surface area contributed by atoms with E-state index in [2.05, 4.69) is 21.0 Å². The highest BCUT2D eigenvalue weighted by Crippen LogP contribution is 2.26. The molecule has 4 nitrogen and oxygen atoms in total. The molecule has 0 bridgehead atoms. The van der Waals surface area contributed by atoms with Crippen LogP contribution in [-0.2, 0) is 9.05 Å². The standard InChI is InChI=1S/C6H8BrClN2O2S/c1-4(2)10-6(13(8,11)12)5(7)3-9-10/h3-4H,1-2H3. The van der Waals surface area contributed by atoms with Gasteiger partial charge >= 0.3 is 0 Å². The molecule has 0 aromatic carbocycles. The van der Waals surface area contributed by atoms with Gasteiger partial charge in [-0.25, -0.2) is 13.1 Å². The van der Waals surface area contributed by atoms with Crippen molar-refractivity contribution in [2.45, 2.75) is 24.9 Å². The van der Waals surface area contributed by atoms with Gasteiger partial charge in [0.05, 0.1) is 10.7 Å². The predicted molar refractivity (Wildman–Crippen MR) is 53.4 cm³/mol. The monoisotopic (exact) mass is 286 g/mol. The maximum absolute atomic E-state index is 11.1. The summed E-state index contributed by atoms with van der Waals surface area (Å²) in [4.78, 5) is 0. The largest absolute Gasteiger partial charge is 0.279 e. The van der Waals surface area contributed by atoms with Gasteiger partial charge in [0.25, 0.3) is 9.05 Å². The normalized spacial score (nSPS) is 12.4. The first-order valence-corrected chi connectivity index (χ1v) is 6.62. The fourth-order valence-corrected chi connectivity index (χ4v) is 3.35. The molecule has 1 aromatic heterocycles. The predicted octanol–water partition coefficient (Wildman–Crippen LogP) is 2.15. The zero-order valence-corrected chi connectivity index (χ0v) is 10.2. The SMILES string of the molecule is CC(C)n1ncc(Br)c1S(=O)(=O)Cl. The van der Waals surface area contributed by atoms with Crippen LogP contribution in [-0.4, -0.2) is 18.2 Å². The van der Waals surface area contributed by atoms with E-state index in [1.807, 2.05) is 13.8 Å². The van der Waals surface area contributed by atoms with Crippen molar-refractivity contribution >= 4 is 35.7 Å². The third-order valence-electron chi connectivity index (χ3n) is 1.43. The Kier molecular flexibility index (Phi) is 3.04. The number of rotatable bonds is 2. The number of aromatic nitrogens is 2. The van der Waals surface area contributed by atoms with E-state index in [-0.39, 0.29) is 11.1 Å². The highest BCUT2D eigenvalue weighted by Gasteiger charge is 2.22. The van der Waals surface area contributed by atoms with Crippen LogP contribution in [0.4, 0.5) is 0 Å². The molecule has 0 aliphatic carbocycles. The third-order valence-corrected chi connectivity index (χ3v) is 3.58. The first kappa shape index (κ1) is 11.0. The molecule has 7 heteroatoms. The fourth-order valence-electron chi connectivity index (χ4n) is 0.926. The van der Waals surface area contributed by atoms with Crippen LogP contribution < -0.4 is 0 Å². The topological polar surface area (TPSA) is 52.0 Å². The van der Waals surface area contributed by atoms with E-state index in [9.17, 15) is 8.42 Å². The summed E-state index contributed by atoms with van der Waals surface area (Å²) in [6.07, 6.45) is 1.41. The van der Waals surface area contributed by atoms with Crippen molar-refractivity contribution in [2.24, 2.45) is 0 Å². The van der Waals surface area contributed by atoms with Crippen molar-refractivity contribution in [3.63, 3.8) is 0 Å². The van der Waals surface area contributed by atoms with Gasteiger partial charge in [-0.3, -0.25) is 0 Å². The van der Waals surface area contributed by atoms with Crippen molar-refractivity contribution in [1.29, 1.82) is 0 Å². The number of hydrogen-bond acceptors (Lipinski definition) is 3. The molecule has 0 radical (unpaired) electrons. The van der Waals surface area contributed by atoms with Gasteiger partial charge in [0.2, 0.25) is 0 Å². The maximum Gasteiger partial charge on any atom is 0.279 e. The molecular weight excluding hydrogens is 280 g/mol. The summed E-state index contributed by atoms with van der Waals surface area (Å²) >= 11 is 3.07. The minimum Gasteiger partial charge on any atom is -0.250 e. The summed E-state index contributed by atoms with van der Waals surface area (Å²) in [7, 11) is 1.50. The Labute approximate surface area is 89.4 Å². The lowest BCUT2D eigenvalue weighted by atomic mass is 10.4. The van der Waals surface area contributed by atoms with Crippen LogP contribution in [0.2, 0.25) is 0 Å². The molecule has 0 unspecified atom stereocenters. The molecule has 74 valence electrons. The molecule has 1 rings (SSSR count). The van der Waals surface area contributed by atoms with Gasteiger partial charge in [0.15, 0.2) is 5.03 Å². The molecule has 0 N–H and O–H groups in total. The number of nitrogens with zero attached hydrogens (tertiary/aromatic N) is 2. The number of halogens is 2. The molecule has 13 heavy (non-hydrogen) atoms. The summed E-state index contributed by atoms with van der Waals surface area (Å²) in [5, 5.41) is 3.89. The lowest BCUT2D eigenvalue weighted by molar-refractivity contribution is 0.481. The second-order valence-electron chi connectivity index (χ2n) is 2.77. The molecule has 0 amide bonds. The van der Waals surface area contributed by atoms with Gasteiger partial charge in [-0.15, -0.1) is 0 Å². The summed E-state index contributed by atoms with van der Waals surface area (Å²) < 4.78 is 24.0. The van der Waals surface area contributed by atoms with Crippen LogP contribution in [0.1, 0.15) is 19.9 Å². The Morgan fingerprint density at radius 3 is 2.46 bits per heavy atom. The van der Waals surface area contributed by atoms with Crippen LogP contribution in [0.5, 0.6) is 0 Å². The van der Waals surface area contributed by atoms with Crippen LogP contribution in [0.25, 0.3) is 0 Å². The molecule has 0 fully saturated rings. The van der Waals surface area contributed by atoms with E-state index in [0.717, 1.165) is 0 Å². The second-order valence-corrected chi connectivity index (χ2v) is 6.11. The fraction of sp³-hybridized carbons (Fsp3) is 0.500. The van der Waals surface area contributed by atoms with Gasteiger partial charge in [-0.1, -0.05) is 0 Å². The first-order valence-electron chi connectivity index (χ1n) is 3.51. The van der Waals surface area contributed by atoms with E-state index in [1.54, 1.807) is 0 Å². The van der Waals surface area contributed by atoms with Crippen LogP contribution in [0, 0.1) is 0 Å². The van der Waals surface area contributed by atoms with Gasteiger partial charge < -0.3 is 0 Å². The van der Waals surface area contributed by atoms with Crippen molar-refractivity contribution in [1.82, 2.24) is 9.78 Å². The lowest BCUT2D eigenvalue weighted by Crippen LogP contribution is -2.09. The van der Waals surface area contributed by atoms with Gasteiger partial charge in [-0.2, -0.15) is 5.10 Å². The Morgan fingerprint density at radius 2 is 2.15 bits per heavy atom. The molecule has 0 aliphatic rings. The molecular formula is C6H8BrClN2O2S. The minimum absolute atomic E-state index is 0.00386. The lowest BCUT2D eigenvalue weighted by Gasteiger charge is -2.08. The summed E-state index contributed by atoms with van der Waals surface area (Å²) in [6, 6.07) is -0.0465. The number of hydrogen-bond donors (Lipinski definition) is 0. The van der Waals surface area contributed by atoms with Crippen molar-refractivity contribution in [3.8, 4) is 0 Å². The van der Waals surface area contributed by atoms with Crippen LogP contribution in [0.15, 0.2) is 15.7 Å². The second kappa shape index (κ2) is 3.59. The van der Waals surface area contributed by atoms with E-state index in [0.29, 0.717) is 4.47 Å². The van der Waals surface area contributed by atoms with E-state index in [1.165, 1.54) is 10.9 Å². The van der Waals surface area contributed by atoms with E-state index in [4.69, 9.17) is 10.7 Å². The summed E-state index contributed by atoms with van der Waals surface area (Å²) in [5.41, 5.74) is 0. The Bertz CT molecular complexity index is 412. The molecule has 0 atom stereocenters. The Balaban J connectivity index is 3.42. The zero-order chi connectivity index (χ0) is 10.2. The van der Waals surface area contributed by atoms with Gasteiger partial charge in [0, 0.05) is 16.7 Å². The highest BCUT2D eigenvalue weighted by molar-refractivity contribution is 9.10. The quantitative estimate of drug-likeness (QED) is 0.783. The highest BCUT2D eigenvalue weighted by atomic mass is 79.9. The van der Waals surface area contributed by atoms with E-state index < -0.39 is 9.05 Å². The molecule has 1 aromatic rings. The average Bonchev–Trinajstić information content (AvgIpc) is 2.28. The molecule has 0 saturated carbocycles. The first-order chi connectivity index (χ1) is 5.84. The van der Waals surface area contributed by atoms with Crippen molar-refractivity contribution in [3.05, 3.63) is 10.7 Å². The summed E-state index contributed by atoms with van der Waals surface area (Å²) in [6.45, 7) is 3.65. The maximum atomic E-state index is 11.1. The van der Waals surface area contributed by atoms with Crippen LogP contribution in [0.3, 0.4) is 0 Å². The Hall–Kier alpha value is -0.0700. The molecule has 0 aliphatic heterocycles. The van der Waals surface area contributed by atoms with Crippen molar-refractivity contribution in [2.75, 3.05) is 0 Å². The average molecular weight is 288 g/mol. The van der Waals surface area contributed by atoms with Crippen LogP contribution >= 0.6 is 26.6 Å². The molecule has 1 heterocycles. The van der Waals surface area contributed by atoms with E-state index >= 15 is 0 Å². The molecule has 0 spiro atoms. The minimum atomic E-state index is -3.74.